The average molecular weight is 315 g/mol. The van der Waals surface area contributed by atoms with Gasteiger partial charge in [-0.1, -0.05) is 11.6 Å². The Balaban J connectivity index is 3.68. The van der Waals surface area contributed by atoms with E-state index in [1.54, 1.807) is 6.07 Å². The number of rotatable bonds is 1. The van der Waals surface area contributed by atoms with Gasteiger partial charge in [0.2, 0.25) is 0 Å². The molecule has 14 heavy (non-hydrogen) atoms. The van der Waals surface area contributed by atoms with E-state index in [2.05, 4.69) is 15.9 Å². The van der Waals surface area contributed by atoms with Crippen LogP contribution in [0.3, 0.4) is 0 Å². The summed E-state index contributed by atoms with van der Waals surface area (Å²) in [5.74, 6) is 0. The lowest BCUT2D eigenvalue weighted by Gasteiger charge is -2.02. The Labute approximate surface area is 98.8 Å². The molecule has 0 aromatic heterocycles. The highest BCUT2D eigenvalue weighted by Crippen LogP contribution is 2.29. The monoisotopic (exact) mass is 313 g/mol. The molecule has 0 spiro atoms. The highest BCUT2D eigenvalue weighted by molar-refractivity contribution is 9.10. The van der Waals surface area contributed by atoms with Crippen molar-refractivity contribution >= 4 is 47.3 Å². The van der Waals surface area contributed by atoms with Gasteiger partial charge in [-0.3, -0.25) is 0 Å². The second-order valence-electron chi connectivity index (χ2n) is 2.31. The van der Waals surface area contributed by atoms with Gasteiger partial charge in [-0.05, 0) is 28.1 Å². The van der Waals surface area contributed by atoms with Gasteiger partial charge in [0.05, 0.1) is 5.56 Å². The van der Waals surface area contributed by atoms with E-state index >= 15 is 0 Å². The molecule has 1 aromatic rings. The first kappa shape index (κ1) is 11.8. The van der Waals surface area contributed by atoms with Gasteiger partial charge in [0.15, 0.2) is 0 Å². The van der Waals surface area contributed by atoms with Crippen LogP contribution in [0.4, 0.5) is 0 Å². The number of nitriles is 1. The van der Waals surface area contributed by atoms with Crippen LogP contribution in [0.15, 0.2) is 21.5 Å². The number of hydrogen-bond acceptors (Lipinski definition) is 3. The molecule has 0 bridgehead atoms. The highest BCUT2D eigenvalue weighted by Gasteiger charge is 2.18. The molecule has 0 saturated heterocycles. The van der Waals surface area contributed by atoms with Gasteiger partial charge in [0, 0.05) is 20.2 Å². The van der Waals surface area contributed by atoms with E-state index in [4.69, 9.17) is 27.5 Å². The Kier molecular flexibility index (Phi) is 3.43. The predicted octanol–water partition coefficient (Wildman–Crippen LogP) is 2.90. The van der Waals surface area contributed by atoms with E-state index in [1.807, 2.05) is 0 Å². The topological polar surface area (TPSA) is 57.9 Å². The average Bonchev–Trinajstić information content (AvgIpc) is 2.01. The maximum Gasteiger partial charge on any atom is 0.262 e. The lowest BCUT2D eigenvalue weighted by atomic mass is 10.2. The molecular weight excluding hydrogens is 313 g/mol. The molecule has 0 aliphatic rings. The summed E-state index contributed by atoms with van der Waals surface area (Å²) in [5, 5.41) is 8.90. The molecule has 0 amide bonds. The van der Waals surface area contributed by atoms with Crippen molar-refractivity contribution in [3.63, 3.8) is 0 Å². The van der Waals surface area contributed by atoms with Crippen LogP contribution in [0.5, 0.6) is 0 Å². The fourth-order valence-corrected chi connectivity index (χ4v) is 2.98. The van der Waals surface area contributed by atoms with E-state index in [0.717, 1.165) is 6.07 Å². The van der Waals surface area contributed by atoms with Crippen molar-refractivity contribution in [3.05, 3.63) is 27.2 Å². The van der Waals surface area contributed by atoms with E-state index in [9.17, 15) is 8.42 Å². The standard InChI is InChI=1S/C7H2BrCl2NO2S/c8-6-1-4(9)2-7(5(6)3-11)14(10,12)13/h1-2H. The second kappa shape index (κ2) is 4.07. The molecule has 3 nitrogen and oxygen atoms in total. The van der Waals surface area contributed by atoms with Crippen LogP contribution in [0, 0.1) is 11.3 Å². The van der Waals surface area contributed by atoms with Crippen LogP contribution in [-0.2, 0) is 9.05 Å². The van der Waals surface area contributed by atoms with Crippen molar-refractivity contribution in [2.24, 2.45) is 0 Å². The van der Waals surface area contributed by atoms with Crippen molar-refractivity contribution in [2.75, 3.05) is 0 Å². The molecule has 0 radical (unpaired) electrons. The summed E-state index contributed by atoms with van der Waals surface area (Å²) < 4.78 is 22.4. The molecule has 0 aliphatic carbocycles. The Morgan fingerprint density at radius 1 is 1.43 bits per heavy atom. The number of halogens is 3. The summed E-state index contributed by atoms with van der Waals surface area (Å²) >= 11 is 8.64. The van der Waals surface area contributed by atoms with E-state index in [1.165, 1.54) is 6.07 Å². The zero-order chi connectivity index (χ0) is 10.9. The SMILES string of the molecule is N#Cc1c(Br)cc(Cl)cc1S(=O)(=O)Cl. The van der Waals surface area contributed by atoms with Crippen LogP contribution in [0.25, 0.3) is 0 Å². The first-order valence-corrected chi connectivity index (χ1v) is 6.68. The van der Waals surface area contributed by atoms with Crippen molar-refractivity contribution in [1.82, 2.24) is 0 Å². The van der Waals surface area contributed by atoms with Gasteiger partial charge >= 0.3 is 0 Å². The molecule has 74 valence electrons. The summed E-state index contributed by atoms with van der Waals surface area (Å²) in [7, 11) is 1.17. The number of benzene rings is 1. The molecule has 7 heteroatoms. The zero-order valence-corrected chi connectivity index (χ0v) is 10.4. The summed E-state index contributed by atoms with van der Waals surface area (Å²) in [5.41, 5.74) is -0.0515. The van der Waals surface area contributed by atoms with Crippen molar-refractivity contribution in [2.45, 2.75) is 4.90 Å². The lowest BCUT2D eigenvalue weighted by Crippen LogP contribution is -1.96. The lowest BCUT2D eigenvalue weighted by molar-refractivity contribution is 0.609. The molecule has 0 aliphatic heterocycles. The molecule has 0 atom stereocenters. The van der Waals surface area contributed by atoms with Crippen LogP contribution < -0.4 is 0 Å². The highest BCUT2D eigenvalue weighted by atomic mass is 79.9. The summed E-state index contributed by atoms with van der Waals surface area (Å²) in [6, 6.07) is 4.28. The minimum Gasteiger partial charge on any atom is -0.207 e. The third-order valence-corrected chi connectivity index (χ3v) is 3.58. The maximum atomic E-state index is 11.1. The maximum absolute atomic E-state index is 11.1. The number of nitrogens with zero attached hydrogens (tertiary/aromatic N) is 1. The first-order valence-electron chi connectivity index (χ1n) is 3.20. The van der Waals surface area contributed by atoms with Crippen LogP contribution >= 0.6 is 38.2 Å². The van der Waals surface area contributed by atoms with E-state index in [-0.39, 0.29) is 15.5 Å². The Bertz CT molecular complexity index is 521. The summed E-state index contributed by atoms with van der Waals surface area (Å²) in [6.45, 7) is 0. The summed E-state index contributed by atoms with van der Waals surface area (Å²) in [6.07, 6.45) is 0. The zero-order valence-electron chi connectivity index (χ0n) is 6.46. The van der Waals surface area contributed by atoms with Crippen LogP contribution in [-0.4, -0.2) is 8.42 Å². The van der Waals surface area contributed by atoms with E-state index < -0.39 is 9.05 Å². The normalized spacial score (nSPS) is 11.0. The van der Waals surface area contributed by atoms with Crippen molar-refractivity contribution in [1.29, 1.82) is 5.26 Å². The Morgan fingerprint density at radius 3 is 2.43 bits per heavy atom. The Hall–Kier alpha value is -0.280. The smallest absolute Gasteiger partial charge is 0.207 e. The van der Waals surface area contributed by atoms with Gasteiger partial charge in [0.1, 0.15) is 11.0 Å². The van der Waals surface area contributed by atoms with Gasteiger partial charge in [-0.2, -0.15) is 5.26 Å². The van der Waals surface area contributed by atoms with Gasteiger partial charge < -0.3 is 0 Å². The molecule has 1 rings (SSSR count). The second-order valence-corrected chi connectivity index (χ2v) is 6.14. The van der Waals surface area contributed by atoms with Gasteiger partial charge in [-0.25, -0.2) is 8.42 Å². The quantitative estimate of drug-likeness (QED) is 0.749. The van der Waals surface area contributed by atoms with Crippen LogP contribution in [0.2, 0.25) is 5.02 Å². The molecular formula is C7H2BrCl2NO2S. The predicted molar refractivity (Wildman–Crippen MR) is 56.9 cm³/mol. The first-order chi connectivity index (χ1) is 6.36. The van der Waals surface area contributed by atoms with E-state index in [0.29, 0.717) is 4.47 Å². The molecule has 1 aromatic carbocycles. The largest absolute Gasteiger partial charge is 0.262 e. The minimum absolute atomic E-state index is 0.0515. The molecule has 0 N–H and O–H groups in total. The molecule has 0 heterocycles. The minimum atomic E-state index is -3.96. The van der Waals surface area contributed by atoms with Crippen LogP contribution in [0.1, 0.15) is 5.56 Å². The fraction of sp³-hybridized carbons (Fsp3) is 0. The number of hydrogen-bond donors (Lipinski definition) is 0. The molecule has 0 unspecified atom stereocenters. The van der Waals surface area contributed by atoms with Gasteiger partial charge in [-0.15, -0.1) is 0 Å². The van der Waals surface area contributed by atoms with Crippen molar-refractivity contribution in [3.8, 4) is 6.07 Å². The molecule has 0 saturated carbocycles. The fourth-order valence-electron chi connectivity index (χ4n) is 0.851. The third-order valence-electron chi connectivity index (χ3n) is 1.39. The molecule has 0 fully saturated rings. The Morgan fingerprint density at radius 2 is 2.00 bits per heavy atom. The third kappa shape index (κ3) is 2.39. The van der Waals surface area contributed by atoms with Gasteiger partial charge in [0.25, 0.3) is 9.05 Å². The van der Waals surface area contributed by atoms with Crippen molar-refractivity contribution < 1.29 is 8.42 Å². The summed E-state index contributed by atoms with van der Waals surface area (Å²) in [4.78, 5) is -0.291.